The second kappa shape index (κ2) is 6.07. The summed E-state index contributed by atoms with van der Waals surface area (Å²) in [6, 6.07) is 4.48. The third-order valence-electron chi connectivity index (χ3n) is 3.11. The number of halogens is 3. The Morgan fingerprint density at radius 3 is 2.77 bits per heavy atom. The predicted molar refractivity (Wildman–Crippen MR) is 73.8 cm³/mol. The van der Waals surface area contributed by atoms with Crippen LogP contribution in [-0.4, -0.2) is 34.9 Å². The maximum absolute atomic E-state index is 12.3. The summed E-state index contributed by atoms with van der Waals surface area (Å²) in [5, 5.41) is -0.577. The molecule has 22 heavy (non-hydrogen) atoms. The molecule has 2 N–H and O–H groups in total. The van der Waals surface area contributed by atoms with Gasteiger partial charge in [0.15, 0.2) is 0 Å². The van der Waals surface area contributed by atoms with Crippen molar-refractivity contribution >= 4 is 23.6 Å². The van der Waals surface area contributed by atoms with E-state index in [0.717, 1.165) is 0 Å². The quantitative estimate of drug-likeness (QED) is 0.914. The normalized spacial score (nSPS) is 20.1. The number of ether oxygens (including phenoxy) is 1. The van der Waals surface area contributed by atoms with Crippen LogP contribution in [0.2, 0.25) is 0 Å². The zero-order chi connectivity index (χ0) is 16.5. The van der Waals surface area contributed by atoms with E-state index < -0.39 is 23.7 Å². The molecule has 0 bridgehead atoms. The molecule has 9 heteroatoms. The SMILES string of the molecule is CC(C(N)=O)N1C(=O)CSC1c1cccc(OC(F)(F)F)c1. The van der Waals surface area contributed by atoms with E-state index in [4.69, 9.17) is 5.73 Å². The van der Waals surface area contributed by atoms with E-state index >= 15 is 0 Å². The fourth-order valence-corrected chi connectivity index (χ4v) is 3.36. The number of thioether (sulfide) groups is 1. The molecule has 120 valence electrons. The molecule has 1 saturated heterocycles. The zero-order valence-electron chi connectivity index (χ0n) is 11.5. The number of nitrogens with two attached hydrogens (primary N) is 1. The molecule has 1 aromatic carbocycles. The second-order valence-electron chi connectivity index (χ2n) is 4.66. The van der Waals surface area contributed by atoms with E-state index in [9.17, 15) is 22.8 Å². The van der Waals surface area contributed by atoms with Crippen LogP contribution in [0.25, 0.3) is 0 Å². The lowest BCUT2D eigenvalue weighted by molar-refractivity contribution is -0.274. The Morgan fingerprint density at radius 2 is 2.18 bits per heavy atom. The molecule has 2 unspecified atom stereocenters. The summed E-state index contributed by atoms with van der Waals surface area (Å²) in [6.45, 7) is 1.48. The van der Waals surface area contributed by atoms with Crippen LogP contribution in [0.4, 0.5) is 13.2 Å². The summed E-state index contributed by atoms with van der Waals surface area (Å²) >= 11 is 1.22. The minimum atomic E-state index is -4.79. The van der Waals surface area contributed by atoms with Crippen LogP contribution in [0.1, 0.15) is 17.9 Å². The molecule has 5 nitrogen and oxygen atoms in total. The van der Waals surface area contributed by atoms with Crippen molar-refractivity contribution in [1.29, 1.82) is 0 Å². The highest BCUT2D eigenvalue weighted by Gasteiger charge is 2.38. The maximum atomic E-state index is 12.3. The number of carbonyl (C=O) groups excluding carboxylic acids is 2. The minimum absolute atomic E-state index is 0.132. The van der Waals surface area contributed by atoms with Gasteiger partial charge in [-0.25, -0.2) is 0 Å². The highest BCUT2D eigenvalue weighted by Crippen LogP contribution is 2.41. The van der Waals surface area contributed by atoms with Gasteiger partial charge >= 0.3 is 6.36 Å². The van der Waals surface area contributed by atoms with Crippen LogP contribution >= 0.6 is 11.8 Å². The Bertz CT molecular complexity index is 594. The van der Waals surface area contributed by atoms with Crippen molar-refractivity contribution < 1.29 is 27.5 Å². The van der Waals surface area contributed by atoms with E-state index in [0.29, 0.717) is 5.56 Å². The molecule has 0 spiro atoms. The molecule has 2 rings (SSSR count). The van der Waals surface area contributed by atoms with E-state index in [-0.39, 0.29) is 17.4 Å². The van der Waals surface area contributed by atoms with Crippen LogP contribution < -0.4 is 10.5 Å². The molecule has 0 saturated carbocycles. The fraction of sp³-hybridized carbons (Fsp3) is 0.385. The molecular formula is C13H13F3N2O3S. The second-order valence-corrected chi connectivity index (χ2v) is 5.73. The molecule has 2 atom stereocenters. The molecule has 1 fully saturated rings. The first-order valence-electron chi connectivity index (χ1n) is 6.27. The van der Waals surface area contributed by atoms with E-state index in [1.807, 2.05) is 0 Å². The van der Waals surface area contributed by atoms with Gasteiger partial charge in [0, 0.05) is 0 Å². The molecule has 1 aromatic rings. The highest BCUT2D eigenvalue weighted by molar-refractivity contribution is 8.00. The highest BCUT2D eigenvalue weighted by atomic mass is 32.2. The Balaban J connectivity index is 2.28. The van der Waals surface area contributed by atoms with Gasteiger partial charge in [0.1, 0.15) is 17.2 Å². The summed E-state index contributed by atoms with van der Waals surface area (Å²) in [6.07, 6.45) is -4.79. The lowest BCUT2D eigenvalue weighted by atomic mass is 10.1. The number of rotatable bonds is 4. The Labute approximate surface area is 128 Å². The van der Waals surface area contributed by atoms with E-state index in [1.165, 1.54) is 41.8 Å². The van der Waals surface area contributed by atoms with Gasteiger partial charge in [0.25, 0.3) is 0 Å². The number of alkyl halides is 3. The van der Waals surface area contributed by atoms with Gasteiger partial charge in [-0.2, -0.15) is 0 Å². The van der Waals surface area contributed by atoms with Crippen molar-refractivity contribution in [1.82, 2.24) is 4.90 Å². The lowest BCUT2D eigenvalue weighted by Crippen LogP contribution is -2.44. The number of hydrogen-bond donors (Lipinski definition) is 1. The number of nitrogens with zero attached hydrogens (tertiary/aromatic N) is 1. The third-order valence-corrected chi connectivity index (χ3v) is 4.34. The van der Waals surface area contributed by atoms with Gasteiger partial charge < -0.3 is 15.4 Å². The van der Waals surface area contributed by atoms with Crippen molar-refractivity contribution in [2.24, 2.45) is 5.73 Å². The third kappa shape index (κ3) is 3.65. The van der Waals surface area contributed by atoms with Crippen molar-refractivity contribution in [3.8, 4) is 5.75 Å². The maximum Gasteiger partial charge on any atom is 0.573 e. The summed E-state index contributed by atoms with van der Waals surface area (Å²) in [7, 11) is 0. The summed E-state index contributed by atoms with van der Waals surface area (Å²) in [5.41, 5.74) is 5.65. The molecule has 1 heterocycles. The number of hydrogen-bond acceptors (Lipinski definition) is 4. The van der Waals surface area contributed by atoms with Gasteiger partial charge in [0.2, 0.25) is 11.8 Å². The van der Waals surface area contributed by atoms with Crippen LogP contribution in [0.3, 0.4) is 0 Å². The van der Waals surface area contributed by atoms with E-state index in [1.54, 1.807) is 6.07 Å². The average molecular weight is 334 g/mol. The molecule has 0 aromatic heterocycles. The zero-order valence-corrected chi connectivity index (χ0v) is 12.3. The van der Waals surface area contributed by atoms with Crippen molar-refractivity contribution in [2.45, 2.75) is 24.7 Å². The predicted octanol–water partition coefficient (Wildman–Crippen LogP) is 2.03. The number of benzene rings is 1. The summed E-state index contributed by atoms with van der Waals surface area (Å²) in [5.74, 6) is -1.21. The topological polar surface area (TPSA) is 72.6 Å². The molecule has 1 aliphatic heterocycles. The van der Waals surface area contributed by atoms with Gasteiger partial charge in [-0.3, -0.25) is 9.59 Å². The Hall–Kier alpha value is -1.90. The van der Waals surface area contributed by atoms with Gasteiger partial charge in [-0.15, -0.1) is 24.9 Å². The van der Waals surface area contributed by atoms with Crippen molar-refractivity contribution in [3.63, 3.8) is 0 Å². The molecule has 0 aliphatic carbocycles. The smallest absolute Gasteiger partial charge is 0.406 e. The monoisotopic (exact) mass is 334 g/mol. The lowest BCUT2D eigenvalue weighted by Gasteiger charge is -2.28. The molecule has 2 amide bonds. The summed E-state index contributed by atoms with van der Waals surface area (Å²) in [4.78, 5) is 24.5. The van der Waals surface area contributed by atoms with Crippen LogP contribution in [-0.2, 0) is 9.59 Å². The van der Waals surface area contributed by atoms with Crippen LogP contribution in [0, 0.1) is 0 Å². The van der Waals surface area contributed by atoms with Crippen molar-refractivity contribution in [3.05, 3.63) is 29.8 Å². The first-order chi connectivity index (χ1) is 10.2. The minimum Gasteiger partial charge on any atom is -0.406 e. The fourth-order valence-electron chi connectivity index (χ4n) is 2.11. The first-order valence-corrected chi connectivity index (χ1v) is 7.31. The van der Waals surface area contributed by atoms with Gasteiger partial charge in [-0.1, -0.05) is 12.1 Å². The van der Waals surface area contributed by atoms with Gasteiger partial charge in [0.05, 0.1) is 5.75 Å². The molecule has 0 radical (unpaired) electrons. The Morgan fingerprint density at radius 1 is 1.50 bits per heavy atom. The number of amides is 2. The average Bonchev–Trinajstić information content (AvgIpc) is 2.78. The molecular weight excluding hydrogens is 321 g/mol. The van der Waals surface area contributed by atoms with Crippen LogP contribution in [0.5, 0.6) is 5.75 Å². The van der Waals surface area contributed by atoms with Crippen molar-refractivity contribution in [2.75, 3.05) is 5.75 Å². The largest absolute Gasteiger partial charge is 0.573 e. The number of carbonyl (C=O) groups is 2. The Kier molecular flexibility index (Phi) is 4.55. The first kappa shape index (κ1) is 16.5. The number of primary amides is 1. The van der Waals surface area contributed by atoms with Gasteiger partial charge in [-0.05, 0) is 24.6 Å². The summed E-state index contributed by atoms with van der Waals surface area (Å²) < 4.78 is 40.7. The van der Waals surface area contributed by atoms with Crippen LogP contribution in [0.15, 0.2) is 24.3 Å². The standard InChI is InChI=1S/C13H13F3N2O3S/c1-7(11(17)20)18-10(19)6-22-12(18)8-3-2-4-9(5-8)21-13(14,15)16/h2-5,7,12H,6H2,1H3,(H2,17,20). The molecule has 1 aliphatic rings. The van der Waals surface area contributed by atoms with E-state index in [2.05, 4.69) is 4.74 Å².